The summed E-state index contributed by atoms with van der Waals surface area (Å²) in [6.07, 6.45) is 1.74. The number of aliphatic carboxylic acids is 1. The summed E-state index contributed by atoms with van der Waals surface area (Å²) >= 11 is 19.0. The van der Waals surface area contributed by atoms with Crippen LogP contribution in [-0.2, 0) is 16.0 Å². The Hall–Kier alpha value is -3.63. The third-order valence-electron chi connectivity index (χ3n) is 6.13. The van der Waals surface area contributed by atoms with Gasteiger partial charge in [-0.2, -0.15) is 9.78 Å². The molecule has 0 spiro atoms. The molecule has 7 nitrogen and oxygen atoms in total. The van der Waals surface area contributed by atoms with Gasteiger partial charge < -0.3 is 9.84 Å². The van der Waals surface area contributed by atoms with Crippen LogP contribution in [0.2, 0.25) is 10.0 Å². The molecule has 5 rings (SSSR count). The number of hydrogen-bond acceptors (Lipinski definition) is 6. The Morgan fingerprint density at radius 2 is 1.77 bits per heavy atom. The van der Waals surface area contributed by atoms with Gasteiger partial charge in [-0.25, -0.2) is 4.79 Å². The highest BCUT2D eigenvalue weighted by molar-refractivity contribution is 8.26. The van der Waals surface area contributed by atoms with E-state index in [1.165, 1.54) is 0 Å². The third-order valence-corrected chi connectivity index (χ3v) is 7.99. The largest absolute Gasteiger partial charge is 0.480 e. The zero-order valence-electron chi connectivity index (χ0n) is 21.0. The molecule has 202 valence electrons. The van der Waals surface area contributed by atoms with E-state index >= 15 is 0 Å². The van der Waals surface area contributed by atoms with E-state index in [1.54, 1.807) is 35.9 Å². The maximum atomic E-state index is 13.6. The molecule has 1 amide bonds. The Balaban J connectivity index is 1.55. The monoisotopic (exact) mass is 609 g/mol. The van der Waals surface area contributed by atoms with Crippen LogP contribution in [0.25, 0.3) is 11.8 Å². The Morgan fingerprint density at radius 3 is 2.42 bits per heavy atom. The number of thioether (sulfide) groups is 1. The first-order chi connectivity index (χ1) is 19.2. The number of aryl methyl sites for hydroxylation is 1. The second kappa shape index (κ2) is 11.9. The second-order valence-electron chi connectivity index (χ2n) is 8.82. The number of benzene rings is 3. The molecule has 0 saturated carbocycles. The van der Waals surface area contributed by atoms with Crippen LogP contribution in [-0.4, -0.2) is 42.0 Å². The minimum atomic E-state index is -1.16. The zero-order valence-corrected chi connectivity index (χ0v) is 24.1. The lowest BCUT2D eigenvalue weighted by atomic mass is 10.0. The number of para-hydroxylation sites is 1. The van der Waals surface area contributed by atoms with Gasteiger partial charge in [-0.05, 0) is 48.9 Å². The fourth-order valence-electron chi connectivity index (χ4n) is 4.19. The van der Waals surface area contributed by atoms with Gasteiger partial charge in [0, 0.05) is 11.4 Å². The van der Waals surface area contributed by atoms with E-state index in [1.807, 2.05) is 60.7 Å². The van der Waals surface area contributed by atoms with Gasteiger partial charge in [0.25, 0.3) is 5.91 Å². The normalized spacial score (nSPS) is 15.1. The van der Waals surface area contributed by atoms with Crippen LogP contribution in [0.1, 0.15) is 16.8 Å². The SMILES string of the molecule is Cc1nn(-c2ccccc2)c(Oc2ccc(Cl)cc2Cl)c1/C=C1\SC(=S)N([C@@H](Cc2ccccc2)C(=O)O)C1=O. The van der Waals surface area contributed by atoms with Crippen LogP contribution < -0.4 is 4.74 Å². The van der Waals surface area contributed by atoms with Crippen molar-refractivity contribution < 1.29 is 19.4 Å². The molecular weight excluding hydrogens is 589 g/mol. The summed E-state index contributed by atoms with van der Waals surface area (Å²) in [7, 11) is 0. The number of ether oxygens (including phenoxy) is 1. The van der Waals surface area contributed by atoms with Gasteiger partial charge in [0.1, 0.15) is 16.1 Å². The van der Waals surface area contributed by atoms with E-state index in [0.717, 1.165) is 27.9 Å². The molecule has 1 atom stereocenters. The van der Waals surface area contributed by atoms with Gasteiger partial charge in [-0.3, -0.25) is 9.69 Å². The lowest BCUT2D eigenvalue weighted by molar-refractivity contribution is -0.145. The maximum Gasteiger partial charge on any atom is 0.327 e. The van der Waals surface area contributed by atoms with Gasteiger partial charge in [0.2, 0.25) is 5.88 Å². The quantitative estimate of drug-likeness (QED) is 0.167. The van der Waals surface area contributed by atoms with Crippen LogP contribution in [0.15, 0.2) is 83.8 Å². The van der Waals surface area contributed by atoms with Crippen molar-refractivity contribution >= 4 is 69.5 Å². The average molecular weight is 611 g/mol. The molecule has 0 radical (unpaired) electrons. The van der Waals surface area contributed by atoms with Crippen LogP contribution in [0.3, 0.4) is 0 Å². The minimum absolute atomic E-state index is 0.115. The van der Waals surface area contributed by atoms with E-state index in [9.17, 15) is 14.7 Å². The predicted molar refractivity (Wildman–Crippen MR) is 161 cm³/mol. The molecule has 2 heterocycles. The number of amides is 1. The summed E-state index contributed by atoms with van der Waals surface area (Å²) in [4.78, 5) is 27.2. The molecule has 1 fully saturated rings. The van der Waals surface area contributed by atoms with Crippen molar-refractivity contribution in [2.24, 2.45) is 0 Å². The Bertz CT molecular complexity index is 1640. The summed E-state index contributed by atoms with van der Waals surface area (Å²) in [6.45, 7) is 1.79. The molecule has 1 aromatic heterocycles. The summed E-state index contributed by atoms with van der Waals surface area (Å²) < 4.78 is 8.05. The Morgan fingerprint density at radius 1 is 1.10 bits per heavy atom. The van der Waals surface area contributed by atoms with Crippen molar-refractivity contribution in [1.82, 2.24) is 14.7 Å². The number of halogens is 2. The minimum Gasteiger partial charge on any atom is -0.480 e. The third kappa shape index (κ3) is 5.78. The number of carboxylic acids is 1. The first kappa shape index (κ1) is 27.9. The molecule has 0 bridgehead atoms. The van der Waals surface area contributed by atoms with Gasteiger partial charge >= 0.3 is 5.97 Å². The highest BCUT2D eigenvalue weighted by atomic mass is 35.5. The van der Waals surface area contributed by atoms with Crippen molar-refractivity contribution in [1.29, 1.82) is 0 Å². The second-order valence-corrected chi connectivity index (χ2v) is 11.3. The van der Waals surface area contributed by atoms with Crippen LogP contribution >= 0.6 is 47.2 Å². The molecule has 40 heavy (non-hydrogen) atoms. The van der Waals surface area contributed by atoms with Crippen molar-refractivity contribution in [2.45, 2.75) is 19.4 Å². The number of nitrogens with zero attached hydrogens (tertiary/aromatic N) is 3. The fraction of sp³-hybridized carbons (Fsp3) is 0.103. The number of hydrogen-bond donors (Lipinski definition) is 1. The smallest absolute Gasteiger partial charge is 0.327 e. The average Bonchev–Trinajstić information content (AvgIpc) is 3.39. The molecule has 1 saturated heterocycles. The molecule has 1 aliphatic heterocycles. The number of rotatable bonds is 8. The summed E-state index contributed by atoms with van der Waals surface area (Å²) in [5.74, 6) is -0.979. The van der Waals surface area contributed by atoms with Gasteiger partial charge in [0.05, 0.1) is 26.9 Å². The number of carbonyl (C=O) groups is 2. The molecule has 1 N–H and O–H groups in total. The topological polar surface area (TPSA) is 84.7 Å². The molecule has 11 heteroatoms. The lowest BCUT2D eigenvalue weighted by Gasteiger charge is -2.23. The molecular formula is C29H21Cl2N3O4S2. The summed E-state index contributed by atoms with van der Waals surface area (Å²) in [6, 6.07) is 22.2. The predicted octanol–water partition coefficient (Wildman–Crippen LogP) is 7.18. The summed E-state index contributed by atoms with van der Waals surface area (Å²) in [5, 5.41) is 15.4. The highest BCUT2D eigenvalue weighted by Gasteiger charge is 2.41. The molecule has 1 aliphatic rings. The van der Waals surface area contributed by atoms with E-state index < -0.39 is 17.9 Å². The van der Waals surface area contributed by atoms with E-state index in [2.05, 4.69) is 5.10 Å². The van der Waals surface area contributed by atoms with E-state index in [4.69, 9.17) is 40.2 Å². The number of carboxylic acid groups (broad SMARTS) is 1. The Kier molecular flexibility index (Phi) is 8.27. The van der Waals surface area contributed by atoms with Crippen molar-refractivity contribution in [2.75, 3.05) is 0 Å². The first-order valence-corrected chi connectivity index (χ1v) is 14.0. The zero-order chi connectivity index (χ0) is 28.4. The van der Waals surface area contributed by atoms with Crippen molar-refractivity contribution in [3.05, 3.63) is 111 Å². The number of carbonyl (C=O) groups excluding carboxylic acids is 1. The number of thiocarbonyl (C=S) groups is 1. The van der Waals surface area contributed by atoms with Gasteiger partial charge in [-0.1, -0.05) is 95.7 Å². The van der Waals surface area contributed by atoms with Crippen LogP contribution in [0, 0.1) is 6.92 Å². The highest BCUT2D eigenvalue weighted by Crippen LogP contribution is 2.40. The van der Waals surface area contributed by atoms with E-state index in [0.29, 0.717) is 32.9 Å². The van der Waals surface area contributed by atoms with Crippen LogP contribution in [0.4, 0.5) is 0 Å². The van der Waals surface area contributed by atoms with Crippen molar-refractivity contribution in [3.63, 3.8) is 0 Å². The van der Waals surface area contributed by atoms with E-state index in [-0.39, 0.29) is 15.6 Å². The Labute approximate surface area is 250 Å². The molecule has 0 unspecified atom stereocenters. The number of aromatic nitrogens is 2. The standard InChI is InChI=1S/C29H21Cl2N3O4S2/c1-17-21(16-25-26(35)33(29(39)40-25)23(28(36)37)14-18-8-4-2-5-9-18)27(34(32-17)20-10-6-3-7-11-20)38-24-13-12-19(30)15-22(24)31/h2-13,15-16,23H,14H2,1H3,(H,36,37)/b25-16-/t23-/m0/s1. The van der Waals surface area contributed by atoms with Gasteiger partial charge in [-0.15, -0.1) is 0 Å². The summed E-state index contributed by atoms with van der Waals surface area (Å²) in [5.41, 5.74) is 2.61. The first-order valence-electron chi connectivity index (χ1n) is 12.0. The molecule has 0 aliphatic carbocycles. The fourth-order valence-corrected chi connectivity index (χ4v) is 5.98. The molecule has 3 aromatic carbocycles. The molecule has 4 aromatic rings. The lowest BCUT2D eigenvalue weighted by Crippen LogP contribution is -2.45. The van der Waals surface area contributed by atoms with Crippen molar-refractivity contribution in [3.8, 4) is 17.3 Å². The van der Waals surface area contributed by atoms with Crippen LogP contribution in [0.5, 0.6) is 11.6 Å². The van der Waals surface area contributed by atoms with Gasteiger partial charge in [0.15, 0.2) is 0 Å². The maximum absolute atomic E-state index is 13.6.